The Kier molecular flexibility index (Phi) is 5.17. The number of carbonyl (C=O) groups is 2. The summed E-state index contributed by atoms with van der Waals surface area (Å²) in [5.41, 5.74) is 1.73. The van der Waals surface area contributed by atoms with Gasteiger partial charge in [-0.2, -0.15) is 0 Å². The van der Waals surface area contributed by atoms with Crippen molar-refractivity contribution in [1.82, 2.24) is 9.55 Å². The highest BCUT2D eigenvalue weighted by Gasteiger charge is 2.48. The van der Waals surface area contributed by atoms with E-state index in [2.05, 4.69) is 6.92 Å². The fourth-order valence-corrected chi connectivity index (χ4v) is 4.64. The van der Waals surface area contributed by atoms with Crippen LogP contribution in [0.3, 0.4) is 0 Å². The summed E-state index contributed by atoms with van der Waals surface area (Å²) in [7, 11) is 0. The van der Waals surface area contributed by atoms with Gasteiger partial charge in [0, 0.05) is 11.4 Å². The lowest BCUT2D eigenvalue weighted by atomic mass is 9.94. The third-order valence-corrected chi connectivity index (χ3v) is 6.00. The van der Waals surface area contributed by atoms with Crippen LogP contribution in [-0.4, -0.2) is 34.6 Å². The second-order valence-electron chi connectivity index (χ2n) is 6.80. The molecule has 1 aliphatic rings. The number of para-hydroxylation sites is 2. The van der Waals surface area contributed by atoms with Crippen LogP contribution in [0.2, 0.25) is 0 Å². The number of ether oxygens (including phenoxy) is 1. The van der Waals surface area contributed by atoms with Crippen LogP contribution in [0.5, 0.6) is 0 Å². The summed E-state index contributed by atoms with van der Waals surface area (Å²) in [6, 6.07) is 11.3. The maximum atomic E-state index is 13.5. The highest BCUT2D eigenvalue weighted by atomic mass is 32.1. The number of nitrogens with zero attached hydrogens (tertiary/aromatic N) is 3. The van der Waals surface area contributed by atoms with Gasteiger partial charge in [0.25, 0.3) is 0 Å². The summed E-state index contributed by atoms with van der Waals surface area (Å²) in [6.45, 7) is 4.62. The number of hydrogen-bond acceptors (Lipinski definition) is 5. The summed E-state index contributed by atoms with van der Waals surface area (Å²) in [5, 5.41) is 1.96. The molecule has 2 atom stereocenters. The lowest BCUT2D eigenvalue weighted by Crippen LogP contribution is -2.50. The van der Waals surface area contributed by atoms with Gasteiger partial charge in [0.2, 0.25) is 11.9 Å². The van der Waals surface area contributed by atoms with Crippen LogP contribution >= 0.6 is 11.3 Å². The predicted molar refractivity (Wildman–Crippen MR) is 110 cm³/mol. The Morgan fingerprint density at radius 1 is 1.21 bits per heavy atom. The Morgan fingerprint density at radius 3 is 2.75 bits per heavy atom. The van der Waals surface area contributed by atoms with Crippen molar-refractivity contribution in [1.29, 1.82) is 0 Å². The minimum absolute atomic E-state index is 0.229. The number of benzene rings is 1. The van der Waals surface area contributed by atoms with E-state index in [9.17, 15) is 9.59 Å². The first-order valence-corrected chi connectivity index (χ1v) is 10.5. The minimum Gasteiger partial charge on any atom is -0.465 e. The normalized spacial score (nSPS) is 19.1. The fourth-order valence-electron chi connectivity index (χ4n) is 3.79. The van der Waals surface area contributed by atoms with Gasteiger partial charge in [-0.25, -0.2) is 4.98 Å². The summed E-state index contributed by atoms with van der Waals surface area (Å²) in [4.78, 5) is 33.7. The Morgan fingerprint density at radius 2 is 2.04 bits per heavy atom. The monoisotopic (exact) mass is 397 g/mol. The van der Waals surface area contributed by atoms with E-state index >= 15 is 0 Å². The molecule has 0 spiro atoms. The van der Waals surface area contributed by atoms with Crippen molar-refractivity contribution in [3.8, 4) is 0 Å². The maximum Gasteiger partial charge on any atom is 0.321 e. The molecule has 4 rings (SSSR count). The molecule has 0 unspecified atom stereocenters. The van der Waals surface area contributed by atoms with Crippen LogP contribution in [-0.2, 0) is 14.3 Å². The molecule has 1 aliphatic heterocycles. The molecule has 2 aromatic heterocycles. The van der Waals surface area contributed by atoms with E-state index in [0.717, 1.165) is 28.8 Å². The van der Waals surface area contributed by atoms with Crippen LogP contribution in [0.25, 0.3) is 11.0 Å². The highest BCUT2D eigenvalue weighted by Crippen LogP contribution is 2.42. The zero-order valence-corrected chi connectivity index (χ0v) is 16.8. The number of carbonyl (C=O) groups excluding carboxylic acids is 2. The lowest BCUT2D eigenvalue weighted by molar-refractivity contribution is -0.153. The number of imidazole rings is 1. The molecule has 0 saturated heterocycles. The van der Waals surface area contributed by atoms with Gasteiger partial charge < -0.3 is 4.74 Å². The minimum atomic E-state index is -0.916. The van der Waals surface area contributed by atoms with Crippen molar-refractivity contribution in [2.24, 2.45) is 5.92 Å². The molecular formula is C21H23N3O3S. The fraction of sp³-hybridized carbons (Fsp3) is 0.381. The maximum absolute atomic E-state index is 13.5. The van der Waals surface area contributed by atoms with Crippen molar-refractivity contribution < 1.29 is 14.3 Å². The van der Waals surface area contributed by atoms with E-state index < -0.39 is 17.9 Å². The summed E-state index contributed by atoms with van der Waals surface area (Å²) in [6.07, 6.45) is 1.79. The van der Waals surface area contributed by atoms with Crippen molar-refractivity contribution in [2.45, 2.75) is 32.7 Å². The van der Waals surface area contributed by atoms with E-state index in [1.807, 2.05) is 46.3 Å². The third-order valence-electron chi connectivity index (χ3n) is 5.06. The third kappa shape index (κ3) is 2.99. The number of esters is 1. The molecule has 0 aliphatic carbocycles. The van der Waals surface area contributed by atoms with Crippen LogP contribution in [0.1, 0.15) is 37.6 Å². The highest BCUT2D eigenvalue weighted by molar-refractivity contribution is 7.10. The number of anilines is 1. The lowest BCUT2D eigenvalue weighted by Gasteiger charge is -2.37. The molecule has 0 radical (unpaired) electrons. The van der Waals surface area contributed by atoms with E-state index in [1.165, 1.54) is 11.3 Å². The van der Waals surface area contributed by atoms with Crippen LogP contribution in [0, 0.1) is 5.92 Å². The summed E-state index contributed by atoms with van der Waals surface area (Å²) >= 11 is 1.54. The Hall–Kier alpha value is -2.67. The van der Waals surface area contributed by atoms with Gasteiger partial charge in [-0.1, -0.05) is 31.5 Å². The van der Waals surface area contributed by atoms with E-state index in [1.54, 1.807) is 11.8 Å². The molecule has 28 heavy (non-hydrogen) atoms. The second kappa shape index (κ2) is 7.75. The first-order chi connectivity index (χ1) is 13.7. The van der Waals surface area contributed by atoms with Crippen LogP contribution in [0.4, 0.5) is 5.95 Å². The van der Waals surface area contributed by atoms with E-state index in [-0.39, 0.29) is 12.5 Å². The molecule has 146 valence electrons. The molecule has 1 aromatic carbocycles. The number of fused-ring (bicyclic) bond motifs is 3. The zero-order valence-electron chi connectivity index (χ0n) is 16.0. The number of rotatable bonds is 6. The summed E-state index contributed by atoms with van der Waals surface area (Å²) in [5.74, 6) is -1.01. The number of amides is 1. The van der Waals surface area contributed by atoms with E-state index in [4.69, 9.17) is 9.72 Å². The smallest absolute Gasteiger partial charge is 0.321 e. The average Bonchev–Trinajstić information content (AvgIpc) is 3.34. The molecule has 0 fully saturated rings. The Bertz CT molecular complexity index is 996. The number of aromatic nitrogens is 2. The van der Waals surface area contributed by atoms with Gasteiger partial charge in [0.05, 0.1) is 23.7 Å². The zero-order chi connectivity index (χ0) is 19.7. The quantitative estimate of drug-likeness (QED) is 0.466. The van der Waals surface area contributed by atoms with E-state index in [0.29, 0.717) is 12.5 Å². The topological polar surface area (TPSA) is 64.4 Å². The SMILES string of the molecule is CCCCN1C(=O)[C@H](C(=O)OCC)[C@@H](c2cccs2)n2c1nc1ccccc12. The van der Waals surface area contributed by atoms with Gasteiger partial charge in [0.1, 0.15) is 0 Å². The van der Waals surface area contributed by atoms with Crippen molar-refractivity contribution >= 4 is 40.2 Å². The molecule has 0 bridgehead atoms. The van der Waals surface area contributed by atoms with Gasteiger partial charge in [-0.15, -0.1) is 11.3 Å². The predicted octanol–water partition coefficient (Wildman–Crippen LogP) is 4.01. The van der Waals surface area contributed by atoms with Crippen molar-refractivity contribution in [3.05, 3.63) is 46.7 Å². The standard InChI is InChI=1S/C21H23N3O3S/c1-3-5-12-23-19(25)17(20(26)27-4-2)18(16-11-8-13-28-16)24-15-10-7-6-9-14(15)22-21(23)24/h6-11,13,17-18H,3-5,12H2,1-2H3/t17-,18-/m1/s1. The van der Waals surface area contributed by atoms with Crippen LogP contribution in [0.15, 0.2) is 41.8 Å². The number of hydrogen-bond donors (Lipinski definition) is 0. The van der Waals surface area contributed by atoms with Crippen LogP contribution < -0.4 is 4.90 Å². The average molecular weight is 398 g/mol. The Balaban J connectivity index is 1.95. The van der Waals surface area contributed by atoms with Gasteiger partial charge in [-0.3, -0.25) is 19.1 Å². The number of thiophene rings is 1. The molecule has 7 heteroatoms. The number of unbranched alkanes of at least 4 members (excludes halogenated alkanes) is 1. The molecule has 3 heterocycles. The molecule has 6 nitrogen and oxygen atoms in total. The Labute approximate surface area is 167 Å². The first kappa shape index (κ1) is 18.7. The molecule has 0 saturated carbocycles. The second-order valence-corrected chi connectivity index (χ2v) is 7.78. The van der Waals surface area contributed by atoms with Gasteiger partial charge in [0.15, 0.2) is 5.92 Å². The first-order valence-electron chi connectivity index (χ1n) is 9.65. The molecule has 3 aromatic rings. The molecule has 1 amide bonds. The molecular weight excluding hydrogens is 374 g/mol. The van der Waals surface area contributed by atoms with Crippen molar-refractivity contribution in [2.75, 3.05) is 18.1 Å². The van der Waals surface area contributed by atoms with Gasteiger partial charge >= 0.3 is 5.97 Å². The molecule has 0 N–H and O–H groups in total. The largest absolute Gasteiger partial charge is 0.465 e. The summed E-state index contributed by atoms with van der Waals surface area (Å²) < 4.78 is 7.36. The van der Waals surface area contributed by atoms with Crippen molar-refractivity contribution in [3.63, 3.8) is 0 Å². The van der Waals surface area contributed by atoms with Gasteiger partial charge in [-0.05, 0) is 36.9 Å².